The summed E-state index contributed by atoms with van der Waals surface area (Å²) in [6.45, 7) is 2.10. The van der Waals surface area contributed by atoms with Gasteiger partial charge in [0.2, 0.25) is 5.91 Å². The van der Waals surface area contributed by atoms with Crippen molar-refractivity contribution in [1.82, 2.24) is 5.32 Å². The number of amides is 1. The van der Waals surface area contributed by atoms with Crippen LogP contribution in [0.3, 0.4) is 0 Å². The van der Waals surface area contributed by atoms with Gasteiger partial charge in [0.1, 0.15) is 12.2 Å². The summed E-state index contributed by atoms with van der Waals surface area (Å²) in [5.41, 5.74) is 1.83. The fourth-order valence-electron chi connectivity index (χ4n) is 2.32. The van der Waals surface area contributed by atoms with Crippen molar-refractivity contribution in [3.05, 3.63) is 75.3 Å². The molecule has 2 rings (SSSR count). The summed E-state index contributed by atoms with van der Waals surface area (Å²) in [5.74, 6) is -0.932. The fourth-order valence-corrected chi connectivity index (χ4v) is 2.32. The van der Waals surface area contributed by atoms with E-state index in [-0.39, 0.29) is 30.3 Å². The van der Waals surface area contributed by atoms with Crippen molar-refractivity contribution in [2.24, 2.45) is 0 Å². The van der Waals surface area contributed by atoms with Crippen molar-refractivity contribution in [3.63, 3.8) is 0 Å². The van der Waals surface area contributed by atoms with E-state index in [0.717, 1.165) is 5.56 Å². The molecule has 7 nitrogen and oxygen atoms in total. The number of aryl methyl sites for hydroxylation is 2. The molecule has 0 spiro atoms. The van der Waals surface area contributed by atoms with E-state index in [2.05, 4.69) is 5.32 Å². The van der Waals surface area contributed by atoms with Gasteiger partial charge in [-0.15, -0.1) is 0 Å². The highest BCUT2D eigenvalue weighted by atomic mass is 16.6. The third-order valence-electron chi connectivity index (χ3n) is 3.74. The first-order valence-corrected chi connectivity index (χ1v) is 8.20. The third kappa shape index (κ3) is 5.70. The van der Waals surface area contributed by atoms with Gasteiger partial charge in [-0.1, -0.05) is 42.0 Å². The van der Waals surface area contributed by atoms with E-state index < -0.39 is 10.9 Å². The molecular weight excluding hydrogens is 336 g/mol. The van der Waals surface area contributed by atoms with Crippen LogP contribution >= 0.6 is 0 Å². The van der Waals surface area contributed by atoms with Gasteiger partial charge in [-0.25, -0.2) is 4.79 Å². The van der Waals surface area contributed by atoms with E-state index in [1.54, 1.807) is 0 Å². The number of esters is 1. The maximum absolute atomic E-state index is 11.9. The predicted octanol–water partition coefficient (Wildman–Crippen LogP) is 2.81. The second-order valence-electron chi connectivity index (χ2n) is 5.75. The number of nitro groups is 1. The molecule has 0 saturated carbocycles. The van der Waals surface area contributed by atoms with Gasteiger partial charge in [-0.2, -0.15) is 0 Å². The van der Waals surface area contributed by atoms with Gasteiger partial charge in [-0.3, -0.25) is 14.9 Å². The second-order valence-corrected chi connectivity index (χ2v) is 5.75. The molecule has 1 N–H and O–H groups in total. The summed E-state index contributed by atoms with van der Waals surface area (Å²) < 4.78 is 4.99. The summed E-state index contributed by atoms with van der Waals surface area (Å²) in [7, 11) is 0. The first-order chi connectivity index (χ1) is 12.5. The minimum Gasteiger partial charge on any atom is -0.460 e. The molecule has 0 aliphatic heterocycles. The highest BCUT2D eigenvalue weighted by molar-refractivity contribution is 5.93. The minimum atomic E-state index is -0.786. The standard InChI is InChI=1S/C19H20N2O5/c1-14-6-8-15(9-7-14)10-11-18(22)20-12-13-26-19(23)16-4-2-3-5-17(16)21(24)25/h2-9H,10-13H2,1H3,(H,20,22). The van der Waals surface area contributed by atoms with Crippen LogP contribution in [0.2, 0.25) is 0 Å². The van der Waals surface area contributed by atoms with Crippen molar-refractivity contribution in [2.75, 3.05) is 13.2 Å². The highest BCUT2D eigenvalue weighted by Gasteiger charge is 2.20. The Balaban J connectivity index is 1.71. The predicted molar refractivity (Wildman–Crippen MR) is 95.9 cm³/mol. The van der Waals surface area contributed by atoms with Gasteiger partial charge in [0.25, 0.3) is 5.69 Å². The Hall–Kier alpha value is -3.22. The molecule has 0 saturated heterocycles. The van der Waals surface area contributed by atoms with Crippen LogP contribution in [-0.2, 0) is 16.0 Å². The number of carbonyl (C=O) groups excluding carboxylic acids is 2. The Morgan fingerprint density at radius 1 is 1.12 bits per heavy atom. The first kappa shape index (κ1) is 19.1. The van der Waals surface area contributed by atoms with Gasteiger partial charge in [0.15, 0.2) is 0 Å². The smallest absolute Gasteiger partial charge is 0.345 e. The summed E-state index contributed by atoms with van der Waals surface area (Å²) in [6, 6.07) is 13.5. The van der Waals surface area contributed by atoms with Gasteiger partial charge < -0.3 is 10.1 Å². The molecular formula is C19H20N2O5. The lowest BCUT2D eigenvalue weighted by Gasteiger charge is -2.07. The molecule has 0 aliphatic carbocycles. The Morgan fingerprint density at radius 2 is 1.81 bits per heavy atom. The van der Waals surface area contributed by atoms with Crippen LogP contribution in [0.1, 0.15) is 27.9 Å². The Bertz CT molecular complexity index is 787. The maximum Gasteiger partial charge on any atom is 0.345 e. The van der Waals surface area contributed by atoms with E-state index in [1.165, 1.54) is 29.8 Å². The molecule has 7 heteroatoms. The number of hydrogen-bond acceptors (Lipinski definition) is 5. The average molecular weight is 356 g/mol. The van der Waals surface area contributed by atoms with Crippen molar-refractivity contribution in [2.45, 2.75) is 19.8 Å². The van der Waals surface area contributed by atoms with Crippen LogP contribution in [0, 0.1) is 17.0 Å². The van der Waals surface area contributed by atoms with Gasteiger partial charge in [0, 0.05) is 12.5 Å². The van der Waals surface area contributed by atoms with E-state index in [4.69, 9.17) is 4.74 Å². The van der Waals surface area contributed by atoms with Crippen LogP contribution in [0.5, 0.6) is 0 Å². The second kappa shape index (κ2) is 9.31. The number of nitrogens with zero attached hydrogens (tertiary/aromatic N) is 1. The lowest BCUT2D eigenvalue weighted by molar-refractivity contribution is -0.385. The zero-order chi connectivity index (χ0) is 18.9. The van der Waals surface area contributed by atoms with Crippen molar-refractivity contribution in [3.8, 4) is 0 Å². The Kier molecular flexibility index (Phi) is 6.84. The van der Waals surface area contributed by atoms with Gasteiger partial charge in [0.05, 0.1) is 11.5 Å². The number of hydrogen-bond donors (Lipinski definition) is 1. The van der Waals surface area contributed by atoms with Gasteiger partial charge in [-0.05, 0) is 25.0 Å². The molecule has 2 aromatic carbocycles. The molecule has 0 atom stereocenters. The number of nitrogens with one attached hydrogen (secondary N) is 1. The number of benzene rings is 2. The summed E-state index contributed by atoms with van der Waals surface area (Å²) in [5, 5.41) is 13.6. The molecule has 26 heavy (non-hydrogen) atoms. The molecule has 2 aromatic rings. The summed E-state index contributed by atoms with van der Waals surface area (Å²) in [4.78, 5) is 34.0. The van der Waals surface area contributed by atoms with Crippen molar-refractivity contribution >= 4 is 17.6 Å². The minimum absolute atomic E-state index is 0.0544. The molecule has 136 valence electrons. The number of nitro benzene ring substituents is 1. The molecule has 1 amide bonds. The number of carbonyl (C=O) groups is 2. The quantitative estimate of drug-likeness (QED) is 0.339. The molecule has 0 heterocycles. The van der Waals surface area contributed by atoms with Crippen molar-refractivity contribution < 1.29 is 19.2 Å². The summed E-state index contributed by atoms with van der Waals surface area (Å²) in [6.07, 6.45) is 0.962. The zero-order valence-corrected chi connectivity index (χ0v) is 14.4. The Labute approximate surface area is 151 Å². The molecule has 0 unspecified atom stereocenters. The van der Waals surface area contributed by atoms with Crippen LogP contribution < -0.4 is 5.32 Å². The lowest BCUT2D eigenvalue weighted by atomic mass is 10.1. The van der Waals surface area contributed by atoms with Crippen molar-refractivity contribution in [1.29, 1.82) is 0 Å². The zero-order valence-electron chi connectivity index (χ0n) is 14.4. The number of rotatable bonds is 8. The van der Waals surface area contributed by atoms with Crippen LogP contribution in [0.15, 0.2) is 48.5 Å². The highest BCUT2D eigenvalue weighted by Crippen LogP contribution is 2.18. The Morgan fingerprint density at radius 3 is 2.50 bits per heavy atom. The van der Waals surface area contributed by atoms with E-state index in [1.807, 2.05) is 31.2 Å². The molecule has 0 bridgehead atoms. The normalized spacial score (nSPS) is 10.2. The fraction of sp³-hybridized carbons (Fsp3) is 0.263. The van der Waals surface area contributed by atoms with Crippen LogP contribution in [-0.4, -0.2) is 30.0 Å². The third-order valence-corrected chi connectivity index (χ3v) is 3.74. The van der Waals surface area contributed by atoms with Gasteiger partial charge >= 0.3 is 5.97 Å². The van der Waals surface area contributed by atoms with E-state index >= 15 is 0 Å². The van der Waals surface area contributed by atoms with Crippen LogP contribution in [0.4, 0.5) is 5.69 Å². The van der Waals surface area contributed by atoms with E-state index in [0.29, 0.717) is 12.8 Å². The lowest BCUT2D eigenvalue weighted by Crippen LogP contribution is -2.28. The first-order valence-electron chi connectivity index (χ1n) is 8.20. The number of ether oxygens (including phenoxy) is 1. The maximum atomic E-state index is 11.9. The van der Waals surface area contributed by atoms with E-state index in [9.17, 15) is 19.7 Å². The molecule has 0 fully saturated rings. The largest absolute Gasteiger partial charge is 0.460 e. The molecule has 0 aliphatic rings. The average Bonchev–Trinajstić information content (AvgIpc) is 2.64. The van der Waals surface area contributed by atoms with Crippen LogP contribution in [0.25, 0.3) is 0 Å². The topological polar surface area (TPSA) is 98.5 Å². The molecule has 0 radical (unpaired) electrons. The SMILES string of the molecule is Cc1ccc(CCC(=O)NCCOC(=O)c2ccccc2[N+](=O)[O-])cc1. The summed E-state index contributed by atoms with van der Waals surface area (Å²) >= 11 is 0. The monoisotopic (exact) mass is 356 g/mol. The molecule has 0 aromatic heterocycles. The number of para-hydroxylation sites is 1.